The van der Waals surface area contributed by atoms with Crippen LogP contribution in [0.5, 0.6) is 0 Å². The van der Waals surface area contributed by atoms with Crippen molar-refractivity contribution in [3.8, 4) is 11.1 Å². The number of nitrogens with zero attached hydrogens (tertiary/aromatic N) is 1. The zero-order valence-corrected chi connectivity index (χ0v) is 25.6. The zero-order valence-electron chi connectivity index (χ0n) is 24.8. The molecule has 0 heterocycles. The van der Waals surface area contributed by atoms with Gasteiger partial charge < -0.3 is 25.2 Å². The summed E-state index contributed by atoms with van der Waals surface area (Å²) in [6.45, 7) is 7.59. The number of sulfonamides is 1. The Balaban J connectivity index is 1.66. The number of alkyl carbamates (subject to hydrolysis) is 2. The van der Waals surface area contributed by atoms with E-state index < -0.39 is 52.1 Å². The molecule has 1 aliphatic rings. The lowest BCUT2D eigenvalue weighted by Gasteiger charge is -2.28. The van der Waals surface area contributed by atoms with Crippen LogP contribution in [-0.2, 0) is 24.3 Å². The van der Waals surface area contributed by atoms with Crippen molar-refractivity contribution in [2.45, 2.75) is 58.6 Å². The number of benzene rings is 2. The Bertz CT molecular complexity index is 1330. The average molecular weight is 604 g/mol. The molecule has 2 aromatic rings. The number of carbonyl (C=O) groups excluding carboxylic acids is 2. The van der Waals surface area contributed by atoms with Crippen LogP contribution in [0, 0.1) is 5.92 Å². The molecule has 3 rings (SSSR count). The highest BCUT2D eigenvalue weighted by molar-refractivity contribution is 7.89. The Morgan fingerprint density at radius 1 is 0.976 bits per heavy atom. The number of rotatable bonds is 13. The van der Waals surface area contributed by atoms with E-state index in [9.17, 15) is 27.9 Å². The van der Waals surface area contributed by atoms with Gasteiger partial charge in [0.1, 0.15) is 18.8 Å². The van der Waals surface area contributed by atoms with Crippen LogP contribution in [0.2, 0.25) is 0 Å². The highest BCUT2D eigenvalue weighted by Gasteiger charge is 2.31. The molecule has 0 radical (unpaired) electrons. The summed E-state index contributed by atoms with van der Waals surface area (Å²) in [5.41, 5.74) is 3.55. The van der Waals surface area contributed by atoms with E-state index >= 15 is 0 Å². The molecule has 2 amide bonds. The van der Waals surface area contributed by atoms with Crippen LogP contribution in [0.3, 0.4) is 0 Å². The van der Waals surface area contributed by atoms with E-state index in [4.69, 9.17) is 9.47 Å². The molecule has 1 aliphatic carbocycles. The molecular weight excluding hydrogens is 562 g/mol. The lowest BCUT2D eigenvalue weighted by Crippen LogP contribution is -2.49. The Kier molecular flexibility index (Phi) is 11.0. The van der Waals surface area contributed by atoms with E-state index in [1.807, 2.05) is 62.4 Å². The second kappa shape index (κ2) is 14.0. The number of hydrogen-bond donors (Lipinski definition) is 3. The van der Waals surface area contributed by atoms with Gasteiger partial charge in [-0.2, -0.15) is 4.31 Å². The molecule has 0 fully saturated rings. The van der Waals surface area contributed by atoms with Crippen LogP contribution in [0.4, 0.5) is 9.59 Å². The minimum Gasteiger partial charge on any atom is -0.480 e. The molecule has 1 atom stereocenters. The summed E-state index contributed by atoms with van der Waals surface area (Å²) < 4.78 is 37.8. The number of hydrogen-bond acceptors (Lipinski definition) is 7. The molecule has 11 nitrogen and oxygen atoms in total. The summed E-state index contributed by atoms with van der Waals surface area (Å²) in [5, 5.41) is 14.5. The van der Waals surface area contributed by atoms with Gasteiger partial charge in [-0.25, -0.2) is 18.0 Å². The predicted octanol–water partition coefficient (Wildman–Crippen LogP) is 4.18. The number of aliphatic carboxylic acids is 1. The Morgan fingerprint density at radius 2 is 1.55 bits per heavy atom. The van der Waals surface area contributed by atoms with Crippen LogP contribution < -0.4 is 10.6 Å². The molecule has 1 unspecified atom stereocenters. The van der Waals surface area contributed by atoms with Crippen LogP contribution in [0.15, 0.2) is 48.5 Å². The van der Waals surface area contributed by atoms with Gasteiger partial charge in [-0.15, -0.1) is 0 Å². The van der Waals surface area contributed by atoms with Gasteiger partial charge in [-0.05, 0) is 55.4 Å². The number of amides is 2. The number of carbonyl (C=O) groups is 3. The highest BCUT2D eigenvalue weighted by Crippen LogP contribution is 2.44. The minimum absolute atomic E-state index is 0.0621. The van der Waals surface area contributed by atoms with E-state index in [0.717, 1.165) is 26.6 Å². The largest absolute Gasteiger partial charge is 0.480 e. The van der Waals surface area contributed by atoms with Crippen molar-refractivity contribution in [2.75, 3.05) is 32.0 Å². The number of fused-ring (bicyclic) bond motifs is 3. The second-order valence-electron chi connectivity index (χ2n) is 11.7. The summed E-state index contributed by atoms with van der Waals surface area (Å²) >= 11 is 0. The first kappa shape index (κ1) is 32.9. The van der Waals surface area contributed by atoms with Gasteiger partial charge in [0.15, 0.2) is 0 Å². The van der Waals surface area contributed by atoms with Gasteiger partial charge in [-0.1, -0.05) is 62.4 Å². The van der Waals surface area contributed by atoms with Crippen LogP contribution in [0.1, 0.15) is 58.1 Å². The lowest BCUT2D eigenvalue weighted by molar-refractivity contribution is -0.137. The topological polar surface area (TPSA) is 151 Å². The molecule has 2 aromatic carbocycles. The fourth-order valence-corrected chi connectivity index (χ4v) is 6.29. The molecule has 0 aromatic heterocycles. The number of carboxylic acid groups (broad SMARTS) is 1. The third-order valence-corrected chi connectivity index (χ3v) is 8.36. The van der Waals surface area contributed by atoms with Gasteiger partial charge >= 0.3 is 18.2 Å². The van der Waals surface area contributed by atoms with E-state index in [0.29, 0.717) is 6.42 Å². The first-order chi connectivity index (χ1) is 19.7. The van der Waals surface area contributed by atoms with Crippen molar-refractivity contribution in [3.63, 3.8) is 0 Å². The third-order valence-electron chi connectivity index (χ3n) is 6.58. The zero-order chi connectivity index (χ0) is 31.1. The third kappa shape index (κ3) is 9.45. The standard InChI is InChI=1S/C30H41N3O8S/c1-20(2)16-21(17-33(18-27(34)35)42(38,39)15-14-31-28(36)41-30(3,4)5)32-29(37)40-19-26-24-12-8-6-10-22(24)23-11-7-9-13-25(23)26/h6-13,20-21,26H,14-19H2,1-5H3,(H,31,36)(H,32,37)(H,34,35). The summed E-state index contributed by atoms with van der Waals surface area (Å²) in [6.07, 6.45) is -1.12. The number of ether oxygens (including phenoxy) is 2. The fourth-order valence-electron chi connectivity index (χ4n) is 4.95. The van der Waals surface area contributed by atoms with E-state index in [-0.39, 0.29) is 31.5 Å². The maximum atomic E-state index is 13.1. The summed E-state index contributed by atoms with van der Waals surface area (Å²) in [4.78, 5) is 36.4. The molecule has 3 N–H and O–H groups in total. The smallest absolute Gasteiger partial charge is 0.407 e. The maximum absolute atomic E-state index is 13.1. The van der Waals surface area contributed by atoms with Crippen LogP contribution in [-0.4, -0.2) is 79.6 Å². The normalized spacial score (nSPS) is 13.8. The fraction of sp³-hybridized carbons (Fsp3) is 0.500. The van der Waals surface area contributed by atoms with Gasteiger partial charge in [0.25, 0.3) is 0 Å². The van der Waals surface area contributed by atoms with Crippen molar-refractivity contribution in [1.29, 1.82) is 0 Å². The van der Waals surface area contributed by atoms with Gasteiger partial charge in [0, 0.05) is 25.0 Å². The van der Waals surface area contributed by atoms with Crippen molar-refractivity contribution in [2.24, 2.45) is 5.92 Å². The first-order valence-corrected chi connectivity index (χ1v) is 15.5. The molecular formula is C30H41N3O8S. The highest BCUT2D eigenvalue weighted by atomic mass is 32.2. The quantitative estimate of drug-likeness (QED) is 0.309. The Morgan fingerprint density at radius 3 is 2.07 bits per heavy atom. The van der Waals surface area contributed by atoms with E-state index in [1.165, 1.54) is 0 Å². The number of nitrogens with one attached hydrogen (secondary N) is 2. The van der Waals surface area contributed by atoms with Crippen molar-refractivity contribution in [1.82, 2.24) is 14.9 Å². The van der Waals surface area contributed by atoms with E-state index in [1.54, 1.807) is 20.8 Å². The minimum atomic E-state index is -4.13. The molecule has 12 heteroatoms. The first-order valence-electron chi connectivity index (χ1n) is 13.9. The molecule has 0 aliphatic heterocycles. The summed E-state index contributed by atoms with van der Waals surface area (Å²) in [6, 6.07) is 15.2. The average Bonchev–Trinajstić information content (AvgIpc) is 3.19. The van der Waals surface area contributed by atoms with Gasteiger partial charge in [-0.3, -0.25) is 4.79 Å². The Labute approximate surface area is 247 Å². The summed E-state index contributed by atoms with van der Waals surface area (Å²) in [5.74, 6) is -1.97. The van der Waals surface area contributed by atoms with Crippen molar-refractivity contribution in [3.05, 3.63) is 59.7 Å². The monoisotopic (exact) mass is 603 g/mol. The number of carboxylic acids is 1. The molecule has 0 spiro atoms. The lowest BCUT2D eigenvalue weighted by atomic mass is 9.98. The SMILES string of the molecule is CC(C)CC(CN(CC(=O)O)S(=O)(=O)CCNC(=O)OC(C)(C)C)NC(=O)OCC1c2ccccc2-c2ccccc21. The Hall–Kier alpha value is -3.64. The maximum Gasteiger partial charge on any atom is 0.407 e. The van der Waals surface area contributed by atoms with Crippen molar-refractivity contribution >= 4 is 28.2 Å². The summed E-state index contributed by atoms with van der Waals surface area (Å²) in [7, 11) is -4.13. The molecule has 0 bridgehead atoms. The molecule has 0 saturated carbocycles. The van der Waals surface area contributed by atoms with Gasteiger partial charge in [0.2, 0.25) is 10.0 Å². The van der Waals surface area contributed by atoms with Crippen molar-refractivity contribution < 1.29 is 37.4 Å². The molecule has 0 saturated heterocycles. The molecule has 42 heavy (non-hydrogen) atoms. The van der Waals surface area contributed by atoms with Crippen LogP contribution in [0.25, 0.3) is 11.1 Å². The second-order valence-corrected chi connectivity index (χ2v) is 13.8. The van der Waals surface area contributed by atoms with E-state index in [2.05, 4.69) is 10.6 Å². The molecule has 230 valence electrons. The predicted molar refractivity (Wildman–Crippen MR) is 159 cm³/mol. The van der Waals surface area contributed by atoms with Gasteiger partial charge in [0.05, 0.1) is 5.75 Å². The van der Waals surface area contributed by atoms with Crippen LogP contribution >= 0.6 is 0 Å².